The molecule has 2 unspecified atom stereocenters. The number of carbonyl (C=O) groups excluding carboxylic acids is 4. The number of amides is 4. The molecule has 49 heavy (non-hydrogen) atoms. The number of sulfonamides is 1. The van der Waals surface area contributed by atoms with E-state index in [1.807, 2.05) is 12.2 Å². The van der Waals surface area contributed by atoms with Gasteiger partial charge < -0.3 is 37.8 Å². The number of fused-ring (bicyclic) bond motifs is 3. The monoisotopic (exact) mass is 725 g/mol. The Hall–Kier alpha value is -3.27. The summed E-state index contributed by atoms with van der Waals surface area (Å²) in [6.07, 6.45) is 7.50. The fourth-order valence-electron chi connectivity index (χ4n) is 7.26. The van der Waals surface area contributed by atoms with Crippen molar-refractivity contribution in [3.8, 4) is 0 Å². The highest BCUT2D eigenvalue weighted by Crippen LogP contribution is 2.46. The smallest absolute Gasteiger partial charge is 0.410 e. The van der Waals surface area contributed by atoms with Crippen molar-refractivity contribution in [2.75, 3.05) is 26.8 Å². The quantitative estimate of drug-likeness (QED) is 0.285. The van der Waals surface area contributed by atoms with E-state index in [4.69, 9.17) is 9.47 Å². The summed E-state index contributed by atoms with van der Waals surface area (Å²) in [7, 11) is -2.37. The molecule has 13 nitrogen and oxygen atoms in total. The van der Waals surface area contributed by atoms with E-state index in [0.29, 0.717) is 30.4 Å². The largest absolute Gasteiger partial charge is 1.00 e. The van der Waals surface area contributed by atoms with Gasteiger partial charge in [-0.15, -0.1) is 0 Å². The van der Waals surface area contributed by atoms with E-state index in [0.717, 1.165) is 25.7 Å². The molecular formula is C33H45ClFN5O8S. The van der Waals surface area contributed by atoms with Gasteiger partial charge in [0, 0.05) is 32.4 Å². The maximum atomic E-state index is 14.6. The topological polar surface area (TPSA) is 179 Å². The first kappa shape index (κ1) is 37.0. The maximum absolute atomic E-state index is 14.6. The molecule has 6 atom stereocenters. The van der Waals surface area contributed by atoms with Gasteiger partial charge in [-0.25, -0.2) is 17.6 Å². The molecule has 5 aliphatic rings. The molecule has 16 heteroatoms. The van der Waals surface area contributed by atoms with Crippen LogP contribution in [0.4, 0.5) is 9.18 Å². The van der Waals surface area contributed by atoms with Crippen molar-refractivity contribution in [1.82, 2.24) is 19.8 Å². The second-order valence-corrected chi connectivity index (χ2v) is 15.6. The molecule has 4 amide bonds. The lowest BCUT2D eigenvalue weighted by Gasteiger charge is -2.36. The third kappa shape index (κ3) is 7.74. The van der Waals surface area contributed by atoms with Crippen LogP contribution < -0.4 is 28.2 Å². The Balaban J connectivity index is 0.00000468. The lowest BCUT2D eigenvalue weighted by Crippen LogP contribution is -3.00. The summed E-state index contributed by atoms with van der Waals surface area (Å²) in [4.78, 5) is 57.7. The normalized spacial score (nSPS) is 31.0. The summed E-state index contributed by atoms with van der Waals surface area (Å²) in [5.41, 5.74) is 3.75. The molecule has 3 fully saturated rings. The molecule has 3 aliphatic heterocycles. The molecule has 0 aromatic heterocycles. The lowest BCUT2D eigenvalue weighted by molar-refractivity contribution is -0.407. The predicted octanol–water partition coefficient (Wildman–Crippen LogP) is -1.90. The van der Waals surface area contributed by atoms with E-state index in [9.17, 15) is 32.0 Å². The molecule has 3 heterocycles. The average molecular weight is 726 g/mol. The number of quaternary nitrogens is 1. The summed E-state index contributed by atoms with van der Waals surface area (Å²) in [5.74, 6) is -2.53. The zero-order valence-corrected chi connectivity index (χ0v) is 29.1. The fraction of sp³-hybridized carbons (Fsp3) is 0.636. The van der Waals surface area contributed by atoms with Crippen molar-refractivity contribution < 1.29 is 59.6 Å². The minimum absolute atomic E-state index is 0. The van der Waals surface area contributed by atoms with Gasteiger partial charge in [0.05, 0.1) is 24.4 Å². The first-order chi connectivity index (χ1) is 22.9. The number of carbonyl (C=O) groups is 4. The molecular weight excluding hydrogens is 681 g/mol. The molecule has 270 valence electrons. The van der Waals surface area contributed by atoms with E-state index in [1.54, 1.807) is 12.1 Å². The van der Waals surface area contributed by atoms with Crippen molar-refractivity contribution in [3.63, 3.8) is 0 Å². The van der Waals surface area contributed by atoms with Gasteiger partial charge in [0.15, 0.2) is 6.04 Å². The van der Waals surface area contributed by atoms with Crippen LogP contribution in [0.25, 0.3) is 0 Å². The van der Waals surface area contributed by atoms with Crippen LogP contribution in [-0.2, 0) is 40.3 Å². The molecule has 0 bridgehead atoms. The summed E-state index contributed by atoms with van der Waals surface area (Å²) in [5, 5.41) is 2.20. The van der Waals surface area contributed by atoms with Crippen LogP contribution in [0, 0.1) is 11.7 Å². The summed E-state index contributed by atoms with van der Waals surface area (Å²) in [6, 6.07) is 2.42. The highest BCUT2D eigenvalue weighted by atomic mass is 35.5. The number of nitrogens with one attached hydrogen (secondary N) is 2. The van der Waals surface area contributed by atoms with E-state index < -0.39 is 68.9 Å². The van der Waals surface area contributed by atoms with Gasteiger partial charge in [0.2, 0.25) is 15.9 Å². The van der Waals surface area contributed by atoms with Crippen LogP contribution in [0.15, 0.2) is 30.4 Å². The van der Waals surface area contributed by atoms with Crippen LogP contribution in [0.3, 0.4) is 0 Å². The van der Waals surface area contributed by atoms with Crippen LogP contribution in [0.1, 0.15) is 75.0 Å². The number of halogens is 2. The van der Waals surface area contributed by atoms with Gasteiger partial charge in [0.25, 0.3) is 11.8 Å². The zero-order chi connectivity index (χ0) is 34.2. The fourth-order valence-corrected chi connectivity index (χ4v) is 8.63. The van der Waals surface area contributed by atoms with Crippen molar-refractivity contribution >= 4 is 33.8 Å². The van der Waals surface area contributed by atoms with E-state index in [1.165, 1.54) is 23.0 Å². The number of nitrogens with zero attached hydrogens (tertiary/aromatic N) is 2. The first-order valence-electron chi connectivity index (χ1n) is 16.9. The Labute approximate surface area is 291 Å². The predicted molar refractivity (Wildman–Crippen MR) is 170 cm³/mol. The average Bonchev–Trinajstić information content (AvgIpc) is 3.97. The van der Waals surface area contributed by atoms with Crippen LogP contribution in [0.2, 0.25) is 0 Å². The van der Waals surface area contributed by atoms with Crippen LogP contribution in [0.5, 0.6) is 0 Å². The third-order valence-electron chi connectivity index (χ3n) is 10.3. The van der Waals surface area contributed by atoms with Crippen LogP contribution >= 0.6 is 0 Å². The van der Waals surface area contributed by atoms with E-state index >= 15 is 0 Å². The molecule has 2 saturated carbocycles. The van der Waals surface area contributed by atoms with Gasteiger partial charge in [0.1, 0.15) is 23.5 Å². The number of hydrogen-bond acceptors (Lipinski definition) is 8. The lowest BCUT2D eigenvalue weighted by atomic mass is 9.93. The molecule has 0 spiro atoms. The van der Waals surface area contributed by atoms with Crippen molar-refractivity contribution in [2.24, 2.45) is 5.92 Å². The van der Waals surface area contributed by atoms with Crippen LogP contribution in [-0.4, -0.2) is 97.8 Å². The Morgan fingerprint density at radius 1 is 1.16 bits per heavy atom. The highest BCUT2D eigenvalue weighted by molar-refractivity contribution is 7.91. The molecule has 5 N–H and O–H groups in total. The van der Waals surface area contributed by atoms with Crippen molar-refractivity contribution in [1.29, 1.82) is 0 Å². The Morgan fingerprint density at radius 2 is 1.94 bits per heavy atom. The number of ether oxygens (including phenoxy) is 2. The molecule has 0 radical (unpaired) electrons. The summed E-state index contributed by atoms with van der Waals surface area (Å²) in [6.45, 7) is 0.254. The Bertz CT molecular complexity index is 1590. The second kappa shape index (κ2) is 14.9. The van der Waals surface area contributed by atoms with Crippen molar-refractivity contribution in [2.45, 2.75) is 99.2 Å². The number of rotatable bonds is 6. The first-order valence-corrected chi connectivity index (χ1v) is 18.4. The minimum atomic E-state index is -3.87. The van der Waals surface area contributed by atoms with E-state index in [-0.39, 0.29) is 63.1 Å². The van der Waals surface area contributed by atoms with Gasteiger partial charge >= 0.3 is 6.09 Å². The standard InChI is InChI=1S/C33H44FN5O8S.ClH/c1-46-19-28-24-9-7-10-25(34)23(24)14-15-38(28)32(43)47-21-16-27-29(40)36-33(31(42)37-48(44,45)22-12-13-22)17-20(33)8-5-3-2-4-6-11-26(35)30(41)39(27)18-21;/h5,7-10,20-22,26-28H,2-4,6,11-19,35H2,1H3,(H,36,40)(H,37,42);1H/b8-5-;/t20-,21-,26+,27?,28?,33-;/m1./s1. The van der Waals surface area contributed by atoms with Gasteiger partial charge in [-0.05, 0) is 62.1 Å². The third-order valence-corrected chi connectivity index (χ3v) is 12.1. The number of benzene rings is 1. The molecule has 6 rings (SSSR count). The van der Waals surface area contributed by atoms with Crippen molar-refractivity contribution in [3.05, 3.63) is 47.3 Å². The summed E-state index contributed by atoms with van der Waals surface area (Å²) < 4.78 is 53.4. The number of allylic oxidation sites excluding steroid dienone is 1. The van der Waals surface area contributed by atoms with Gasteiger partial charge in [-0.2, -0.15) is 0 Å². The maximum Gasteiger partial charge on any atom is 0.410 e. The molecule has 1 aromatic rings. The second-order valence-electron chi connectivity index (χ2n) is 13.7. The zero-order valence-electron chi connectivity index (χ0n) is 27.6. The number of methoxy groups -OCH3 is 1. The SMILES string of the molecule is COCC1c2cccc(F)c2CCN1C(=O)O[C@@H]1CC2C(=O)N[C@]3(C(=O)NS(=O)(=O)C4CC4)C[C@H]3/C=C\CCCCC[C@H]([NH3+])C(=O)N2C1.[Cl-]. The number of hydrogen-bond donors (Lipinski definition) is 3. The minimum Gasteiger partial charge on any atom is -1.00 e. The van der Waals surface area contributed by atoms with Gasteiger partial charge in [-0.3, -0.25) is 24.0 Å². The molecule has 2 aliphatic carbocycles. The Kier molecular flexibility index (Phi) is 11.3. The molecule has 1 saturated heterocycles. The van der Waals surface area contributed by atoms with E-state index in [2.05, 4.69) is 15.8 Å². The Morgan fingerprint density at radius 3 is 2.67 bits per heavy atom. The van der Waals surface area contributed by atoms with Gasteiger partial charge in [-0.1, -0.05) is 30.7 Å². The highest BCUT2D eigenvalue weighted by Gasteiger charge is 2.62. The summed E-state index contributed by atoms with van der Waals surface area (Å²) >= 11 is 0. The molecule has 1 aromatic carbocycles.